The smallest absolute Gasteiger partial charge is 0.323 e. The average molecular weight is 251 g/mol. The minimum atomic E-state index is -0.898. The van der Waals surface area contributed by atoms with Gasteiger partial charge in [0.25, 0.3) is 0 Å². The molecule has 4 heteroatoms. The van der Waals surface area contributed by atoms with Crippen LogP contribution in [0.25, 0.3) is 0 Å². The van der Waals surface area contributed by atoms with Crippen LogP contribution in [0, 0.1) is 29.6 Å². The van der Waals surface area contributed by atoms with Crippen molar-refractivity contribution in [2.45, 2.75) is 32.6 Å². The zero-order valence-corrected chi connectivity index (χ0v) is 10.8. The summed E-state index contributed by atoms with van der Waals surface area (Å²) in [5.41, 5.74) is 0. The Kier molecular flexibility index (Phi) is 2.83. The van der Waals surface area contributed by atoms with E-state index < -0.39 is 5.97 Å². The highest BCUT2D eigenvalue weighted by molar-refractivity contribution is 5.86. The Morgan fingerprint density at radius 1 is 1.22 bits per heavy atom. The summed E-state index contributed by atoms with van der Waals surface area (Å²) in [5.74, 6) is 2.12. The minimum Gasteiger partial charge on any atom is -0.480 e. The summed E-state index contributed by atoms with van der Waals surface area (Å²) in [6, 6.07) is 0. The molecular weight excluding hydrogens is 230 g/mol. The molecule has 3 saturated carbocycles. The third kappa shape index (κ3) is 1.73. The predicted octanol–water partition coefficient (Wildman–Crippen LogP) is 1.60. The first kappa shape index (κ1) is 12.0. The molecule has 0 aromatic carbocycles. The molecule has 0 heterocycles. The van der Waals surface area contributed by atoms with Gasteiger partial charge in [-0.2, -0.15) is 0 Å². The van der Waals surface area contributed by atoms with Crippen LogP contribution < -0.4 is 0 Å². The van der Waals surface area contributed by atoms with Crippen LogP contribution in [-0.4, -0.2) is 35.0 Å². The van der Waals surface area contributed by atoms with Crippen molar-refractivity contribution in [3.05, 3.63) is 0 Å². The molecule has 2 bridgehead atoms. The first-order chi connectivity index (χ1) is 8.63. The Morgan fingerprint density at radius 2 is 1.83 bits per heavy atom. The first-order valence-corrected chi connectivity index (χ1v) is 7.14. The average Bonchev–Trinajstić information content (AvgIpc) is 2.75. The third-order valence-corrected chi connectivity index (χ3v) is 5.15. The standard InChI is InChI=1S/C14H21NO3/c1-2-5-15(7-10(16)17)14(18)13-11-8-3-4-9(6-8)12(11)13/h8-9,11-13H,2-7H2,1H3,(H,16,17). The second-order valence-corrected chi connectivity index (χ2v) is 6.17. The number of aliphatic carboxylic acids is 1. The molecule has 0 aliphatic heterocycles. The fourth-order valence-electron chi connectivity index (χ4n) is 4.57. The number of carboxylic acids is 1. The summed E-state index contributed by atoms with van der Waals surface area (Å²) in [4.78, 5) is 24.8. The molecule has 3 aliphatic rings. The number of carbonyl (C=O) groups is 2. The Hall–Kier alpha value is -1.06. The number of fused-ring (bicyclic) bond motifs is 5. The van der Waals surface area contributed by atoms with E-state index in [4.69, 9.17) is 5.11 Å². The van der Waals surface area contributed by atoms with Gasteiger partial charge in [-0.05, 0) is 49.4 Å². The zero-order chi connectivity index (χ0) is 12.9. The van der Waals surface area contributed by atoms with Crippen LogP contribution >= 0.6 is 0 Å². The Balaban J connectivity index is 1.65. The SMILES string of the molecule is CCCN(CC(=O)O)C(=O)C1C2C3CCC(C3)C12. The van der Waals surface area contributed by atoms with Crippen molar-refractivity contribution >= 4 is 11.9 Å². The largest absolute Gasteiger partial charge is 0.480 e. The molecule has 3 aliphatic carbocycles. The fraction of sp³-hybridized carbons (Fsp3) is 0.857. The molecule has 0 radical (unpaired) electrons. The maximum atomic E-state index is 12.4. The molecule has 100 valence electrons. The summed E-state index contributed by atoms with van der Waals surface area (Å²) in [7, 11) is 0. The molecule has 0 spiro atoms. The van der Waals surface area contributed by atoms with E-state index in [9.17, 15) is 9.59 Å². The van der Waals surface area contributed by atoms with E-state index in [2.05, 4.69) is 0 Å². The van der Waals surface area contributed by atoms with Gasteiger partial charge in [0, 0.05) is 12.5 Å². The van der Waals surface area contributed by atoms with Crippen molar-refractivity contribution in [1.82, 2.24) is 4.90 Å². The van der Waals surface area contributed by atoms with Crippen molar-refractivity contribution in [2.24, 2.45) is 29.6 Å². The molecule has 4 unspecified atom stereocenters. The molecule has 4 atom stereocenters. The van der Waals surface area contributed by atoms with Crippen LogP contribution in [0.5, 0.6) is 0 Å². The lowest BCUT2D eigenvalue weighted by molar-refractivity contribution is -0.145. The van der Waals surface area contributed by atoms with Crippen molar-refractivity contribution in [2.75, 3.05) is 13.1 Å². The van der Waals surface area contributed by atoms with Gasteiger partial charge in [0.2, 0.25) is 5.91 Å². The Bertz CT molecular complexity index is 365. The van der Waals surface area contributed by atoms with E-state index in [0.29, 0.717) is 18.4 Å². The van der Waals surface area contributed by atoms with Gasteiger partial charge < -0.3 is 10.0 Å². The van der Waals surface area contributed by atoms with Gasteiger partial charge in [-0.3, -0.25) is 9.59 Å². The van der Waals surface area contributed by atoms with Gasteiger partial charge >= 0.3 is 5.97 Å². The Morgan fingerprint density at radius 3 is 2.33 bits per heavy atom. The maximum absolute atomic E-state index is 12.4. The van der Waals surface area contributed by atoms with E-state index in [1.54, 1.807) is 4.90 Å². The normalized spacial score (nSPS) is 39.5. The molecule has 3 rings (SSSR count). The van der Waals surface area contributed by atoms with Gasteiger partial charge in [0.1, 0.15) is 6.54 Å². The lowest BCUT2D eigenvalue weighted by atomic mass is 10.0. The summed E-state index contributed by atoms with van der Waals surface area (Å²) in [6.45, 7) is 2.44. The molecule has 3 fully saturated rings. The number of rotatable bonds is 5. The third-order valence-electron chi connectivity index (χ3n) is 5.15. The van der Waals surface area contributed by atoms with E-state index >= 15 is 0 Å². The number of hydrogen-bond donors (Lipinski definition) is 1. The van der Waals surface area contributed by atoms with E-state index in [0.717, 1.165) is 18.3 Å². The lowest BCUT2D eigenvalue weighted by Crippen LogP contribution is -2.38. The minimum absolute atomic E-state index is 0.117. The second kappa shape index (κ2) is 4.25. The maximum Gasteiger partial charge on any atom is 0.323 e. The van der Waals surface area contributed by atoms with E-state index in [1.807, 2.05) is 6.92 Å². The van der Waals surface area contributed by atoms with E-state index in [-0.39, 0.29) is 18.4 Å². The van der Waals surface area contributed by atoms with Gasteiger partial charge in [-0.1, -0.05) is 6.92 Å². The van der Waals surface area contributed by atoms with Crippen LogP contribution in [0.1, 0.15) is 32.6 Å². The topological polar surface area (TPSA) is 57.6 Å². The molecule has 0 saturated heterocycles. The number of amides is 1. The van der Waals surface area contributed by atoms with E-state index in [1.165, 1.54) is 19.3 Å². The highest BCUT2D eigenvalue weighted by Gasteiger charge is 2.67. The van der Waals surface area contributed by atoms with Crippen LogP contribution in [0.15, 0.2) is 0 Å². The number of carboxylic acid groups (broad SMARTS) is 1. The second-order valence-electron chi connectivity index (χ2n) is 6.17. The van der Waals surface area contributed by atoms with Crippen molar-refractivity contribution in [3.63, 3.8) is 0 Å². The summed E-state index contributed by atoms with van der Waals surface area (Å²) >= 11 is 0. The fourth-order valence-corrected chi connectivity index (χ4v) is 4.57. The number of hydrogen-bond acceptors (Lipinski definition) is 2. The molecule has 0 aromatic rings. The molecule has 18 heavy (non-hydrogen) atoms. The number of nitrogens with zero attached hydrogens (tertiary/aromatic N) is 1. The van der Waals surface area contributed by atoms with Crippen LogP contribution in [0.3, 0.4) is 0 Å². The molecule has 0 aromatic heterocycles. The molecule has 4 nitrogen and oxygen atoms in total. The van der Waals surface area contributed by atoms with Crippen molar-refractivity contribution in [1.29, 1.82) is 0 Å². The Labute approximate surface area is 107 Å². The molecular formula is C14H21NO3. The zero-order valence-electron chi connectivity index (χ0n) is 10.8. The first-order valence-electron chi connectivity index (χ1n) is 7.14. The van der Waals surface area contributed by atoms with Crippen LogP contribution in [0.2, 0.25) is 0 Å². The van der Waals surface area contributed by atoms with Gasteiger partial charge in [-0.15, -0.1) is 0 Å². The molecule has 1 N–H and O–H groups in total. The summed E-state index contributed by atoms with van der Waals surface area (Å²) in [5, 5.41) is 8.89. The van der Waals surface area contributed by atoms with Gasteiger partial charge in [-0.25, -0.2) is 0 Å². The van der Waals surface area contributed by atoms with Gasteiger partial charge in [0.15, 0.2) is 0 Å². The lowest BCUT2D eigenvalue weighted by Gasteiger charge is -2.21. The molecule has 1 amide bonds. The van der Waals surface area contributed by atoms with Crippen molar-refractivity contribution < 1.29 is 14.7 Å². The van der Waals surface area contributed by atoms with Crippen LogP contribution in [0.4, 0.5) is 0 Å². The summed E-state index contributed by atoms with van der Waals surface area (Å²) in [6.07, 6.45) is 4.74. The van der Waals surface area contributed by atoms with Gasteiger partial charge in [0.05, 0.1) is 0 Å². The highest BCUT2D eigenvalue weighted by Crippen LogP contribution is 2.69. The highest BCUT2D eigenvalue weighted by atomic mass is 16.4. The van der Waals surface area contributed by atoms with Crippen LogP contribution in [-0.2, 0) is 9.59 Å². The quantitative estimate of drug-likeness (QED) is 0.807. The predicted molar refractivity (Wildman–Crippen MR) is 65.8 cm³/mol. The van der Waals surface area contributed by atoms with Crippen molar-refractivity contribution in [3.8, 4) is 0 Å². The monoisotopic (exact) mass is 251 g/mol. The summed E-state index contributed by atoms with van der Waals surface area (Å²) < 4.78 is 0. The number of carbonyl (C=O) groups excluding carboxylic acids is 1.